The van der Waals surface area contributed by atoms with E-state index in [2.05, 4.69) is 9.88 Å². The zero-order chi connectivity index (χ0) is 14.2. The first-order chi connectivity index (χ1) is 8.84. The van der Waals surface area contributed by atoms with Crippen LogP contribution in [0.3, 0.4) is 0 Å². The van der Waals surface area contributed by atoms with Crippen molar-refractivity contribution in [3.8, 4) is 0 Å². The minimum atomic E-state index is -0.573. The maximum atomic E-state index is 12.3. The lowest BCUT2D eigenvalue weighted by atomic mass is 9.97. The second-order valence-corrected chi connectivity index (χ2v) is 5.67. The molecule has 1 unspecified atom stereocenters. The second-order valence-electron chi connectivity index (χ2n) is 5.67. The van der Waals surface area contributed by atoms with Crippen molar-refractivity contribution >= 4 is 11.7 Å². The van der Waals surface area contributed by atoms with Crippen LogP contribution >= 0.6 is 0 Å². The molecule has 2 rings (SSSR count). The lowest BCUT2D eigenvalue weighted by Crippen LogP contribution is -2.62. The summed E-state index contributed by atoms with van der Waals surface area (Å²) in [6, 6.07) is 3.86. The van der Waals surface area contributed by atoms with Gasteiger partial charge in [0.1, 0.15) is 11.4 Å². The van der Waals surface area contributed by atoms with E-state index in [9.17, 15) is 4.79 Å². The summed E-state index contributed by atoms with van der Waals surface area (Å²) in [6.07, 6.45) is 1.76. The quantitative estimate of drug-likeness (QED) is 0.868. The van der Waals surface area contributed by atoms with Crippen molar-refractivity contribution in [3.63, 3.8) is 0 Å². The van der Waals surface area contributed by atoms with Crippen LogP contribution in [0.2, 0.25) is 0 Å². The molecule has 1 aliphatic heterocycles. The summed E-state index contributed by atoms with van der Waals surface area (Å²) in [5.74, 6) is 0.938. The number of pyridine rings is 1. The van der Waals surface area contributed by atoms with Gasteiger partial charge in [0.25, 0.3) is 0 Å². The van der Waals surface area contributed by atoms with E-state index in [1.165, 1.54) is 0 Å². The molecule has 0 aliphatic carbocycles. The third kappa shape index (κ3) is 2.42. The number of nitrogens with two attached hydrogens (primary N) is 1. The summed E-state index contributed by atoms with van der Waals surface area (Å²) >= 11 is 0. The molecule has 0 spiro atoms. The molecule has 5 heteroatoms. The van der Waals surface area contributed by atoms with Gasteiger partial charge in [0.05, 0.1) is 0 Å². The second kappa shape index (κ2) is 4.81. The number of piperazine rings is 1. The molecule has 0 bridgehead atoms. The first-order valence-corrected chi connectivity index (χ1v) is 6.59. The van der Waals surface area contributed by atoms with Crippen LogP contribution in [0.5, 0.6) is 0 Å². The lowest BCUT2D eigenvalue weighted by Gasteiger charge is -2.45. The summed E-state index contributed by atoms with van der Waals surface area (Å²) < 4.78 is 0. The molecule has 0 saturated carbocycles. The summed E-state index contributed by atoms with van der Waals surface area (Å²) in [6.45, 7) is 7.31. The molecule has 1 atom stereocenters. The monoisotopic (exact) mass is 262 g/mol. The Hall–Kier alpha value is -1.62. The molecule has 0 radical (unpaired) electrons. The number of carbonyl (C=O) groups is 1. The highest BCUT2D eigenvalue weighted by Crippen LogP contribution is 2.28. The number of hydrogen-bond donors (Lipinski definition) is 1. The van der Waals surface area contributed by atoms with Gasteiger partial charge in [0.2, 0.25) is 5.91 Å². The van der Waals surface area contributed by atoms with E-state index in [1.54, 1.807) is 11.1 Å². The Morgan fingerprint density at radius 2 is 2.11 bits per heavy atom. The van der Waals surface area contributed by atoms with Crippen molar-refractivity contribution in [3.05, 3.63) is 23.9 Å². The minimum absolute atomic E-state index is 0.0342. The van der Waals surface area contributed by atoms with E-state index in [4.69, 9.17) is 5.73 Å². The number of carbonyl (C=O) groups excluding carboxylic acids is 1. The normalized spacial score (nSPS) is 20.6. The Balaban J connectivity index is 2.36. The predicted octanol–water partition coefficient (Wildman–Crippen LogP) is 1.16. The van der Waals surface area contributed by atoms with E-state index in [-0.39, 0.29) is 11.9 Å². The highest BCUT2D eigenvalue weighted by molar-refractivity contribution is 5.90. The van der Waals surface area contributed by atoms with Gasteiger partial charge in [-0.25, -0.2) is 4.98 Å². The van der Waals surface area contributed by atoms with E-state index in [0.29, 0.717) is 6.54 Å². The number of aromatic nitrogens is 1. The molecule has 1 fully saturated rings. The fraction of sp³-hybridized carbons (Fsp3) is 0.571. The molecule has 1 saturated heterocycles. The molecule has 5 nitrogen and oxygen atoms in total. The van der Waals surface area contributed by atoms with Crippen LogP contribution in [0.4, 0.5) is 5.82 Å². The largest absolute Gasteiger partial charge is 0.342 e. The summed E-state index contributed by atoms with van der Waals surface area (Å²) in [7, 11) is 1.84. The Kier molecular flexibility index (Phi) is 3.49. The van der Waals surface area contributed by atoms with Gasteiger partial charge in [-0.05, 0) is 38.5 Å². The maximum absolute atomic E-state index is 12.3. The molecule has 0 aromatic carbocycles. The molecule has 1 aromatic rings. The number of anilines is 1. The number of nitrogens with zero attached hydrogens (tertiary/aromatic N) is 3. The first kappa shape index (κ1) is 13.8. The smallest absolute Gasteiger partial charge is 0.247 e. The molecular weight excluding hydrogens is 240 g/mol. The predicted molar refractivity (Wildman–Crippen MR) is 75.9 cm³/mol. The Morgan fingerprint density at radius 1 is 1.42 bits per heavy atom. The van der Waals surface area contributed by atoms with Crippen molar-refractivity contribution in [2.45, 2.75) is 32.4 Å². The number of hydrogen-bond acceptors (Lipinski definition) is 4. The highest BCUT2D eigenvalue weighted by atomic mass is 16.2. The van der Waals surface area contributed by atoms with Crippen molar-refractivity contribution in [1.82, 2.24) is 9.88 Å². The standard InChI is InChI=1S/C14H22N4O/c1-10(15)11-5-6-16-12(9-11)18-8-7-17(4)13(19)14(18,2)3/h5-6,9-10H,7-8,15H2,1-4H3. The Morgan fingerprint density at radius 3 is 2.74 bits per heavy atom. The van der Waals surface area contributed by atoms with Gasteiger partial charge in [0, 0.05) is 32.4 Å². The molecule has 1 amide bonds. The van der Waals surface area contributed by atoms with Gasteiger partial charge in [-0.15, -0.1) is 0 Å². The maximum Gasteiger partial charge on any atom is 0.247 e. The van der Waals surface area contributed by atoms with Crippen LogP contribution < -0.4 is 10.6 Å². The van der Waals surface area contributed by atoms with Gasteiger partial charge < -0.3 is 15.5 Å². The Bertz CT molecular complexity index is 484. The fourth-order valence-electron chi connectivity index (χ4n) is 2.48. The van der Waals surface area contributed by atoms with Crippen LogP contribution in [-0.4, -0.2) is 41.5 Å². The molecule has 2 N–H and O–H groups in total. The zero-order valence-corrected chi connectivity index (χ0v) is 12.1. The van der Waals surface area contributed by atoms with Crippen LogP contribution in [-0.2, 0) is 4.79 Å². The van der Waals surface area contributed by atoms with E-state index >= 15 is 0 Å². The fourth-order valence-corrected chi connectivity index (χ4v) is 2.48. The number of likely N-dealkylation sites (N-methyl/N-ethyl adjacent to an activating group) is 1. The lowest BCUT2D eigenvalue weighted by molar-refractivity contribution is -0.136. The molecular formula is C14H22N4O. The molecule has 2 heterocycles. The van der Waals surface area contributed by atoms with Crippen LogP contribution in [0, 0.1) is 0 Å². The van der Waals surface area contributed by atoms with Gasteiger partial charge in [-0.1, -0.05) is 0 Å². The van der Waals surface area contributed by atoms with E-state index in [1.807, 2.05) is 40.0 Å². The van der Waals surface area contributed by atoms with Crippen LogP contribution in [0.1, 0.15) is 32.4 Å². The average molecular weight is 262 g/mol. The SMILES string of the molecule is CC(N)c1ccnc(N2CCN(C)C(=O)C2(C)C)c1. The van der Waals surface area contributed by atoms with Crippen molar-refractivity contribution in [2.75, 3.05) is 25.0 Å². The van der Waals surface area contributed by atoms with Gasteiger partial charge >= 0.3 is 0 Å². The number of amides is 1. The van der Waals surface area contributed by atoms with Gasteiger partial charge in [0.15, 0.2) is 0 Å². The van der Waals surface area contributed by atoms with Crippen LogP contribution in [0.15, 0.2) is 18.3 Å². The topological polar surface area (TPSA) is 62.5 Å². The van der Waals surface area contributed by atoms with Gasteiger partial charge in [-0.2, -0.15) is 0 Å². The summed E-state index contributed by atoms with van der Waals surface area (Å²) in [4.78, 5) is 20.5. The third-order valence-electron chi connectivity index (χ3n) is 3.78. The van der Waals surface area contributed by atoms with Crippen molar-refractivity contribution in [1.29, 1.82) is 0 Å². The van der Waals surface area contributed by atoms with Crippen LogP contribution in [0.25, 0.3) is 0 Å². The van der Waals surface area contributed by atoms with Crippen molar-refractivity contribution in [2.24, 2.45) is 5.73 Å². The average Bonchev–Trinajstić information content (AvgIpc) is 2.36. The summed E-state index contributed by atoms with van der Waals surface area (Å²) in [5.41, 5.74) is 6.37. The van der Waals surface area contributed by atoms with Gasteiger partial charge in [-0.3, -0.25) is 4.79 Å². The molecule has 19 heavy (non-hydrogen) atoms. The highest BCUT2D eigenvalue weighted by Gasteiger charge is 2.41. The molecule has 104 valence electrons. The summed E-state index contributed by atoms with van der Waals surface area (Å²) in [5, 5.41) is 0. The minimum Gasteiger partial charge on any atom is -0.342 e. The first-order valence-electron chi connectivity index (χ1n) is 6.59. The van der Waals surface area contributed by atoms with E-state index < -0.39 is 5.54 Å². The van der Waals surface area contributed by atoms with Crippen molar-refractivity contribution < 1.29 is 4.79 Å². The molecule has 1 aliphatic rings. The molecule has 1 aromatic heterocycles. The number of rotatable bonds is 2. The zero-order valence-electron chi connectivity index (χ0n) is 12.1. The third-order valence-corrected chi connectivity index (χ3v) is 3.78. The van der Waals surface area contributed by atoms with E-state index in [0.717, 1.165) is 17.9 Å². The Labute approximate surface area is 114 Å².